The molecule has 0 aliphatic heterocycles. The predicted octanol–water partition coefficient (Wildman–Crippen LogP) is 2.92. The topological polar surface area (TPSA) is 33.0 Å². The summed E-state index contributed by atoms with van der Waals surface area (Å²) in [6.07, 6.45) is 1.56. The van der Waals surface area contributed by atoms with Crippen LogP contribution in [0.5, 0.6) is 0 Å². The summed E-state index contributed by atoms with van der Waals surface area (Å²) in [4.78, 5) is 0. The lowest BCUT2D eigenvalue weighted by atomic mass is 10.0. The second kappa shape index (κ2) is 4.06. The molecule has 0 aliphatic rings. The molecular formula is C9H19NOSi. The van der Waals surface area contributed by atoms with Crippen LogP contribution in [0.15, 0.2) is 0 Å². The van der Waals surface area contributed by atoms with Gasteiger partial charge in [-0.3, -0.25) is 0 Å². The van der Waals surface area contributed by atoms with Gasteiger partial charge in [0.05, 0.1) is 6.07 Å². The first-order chi connectivity index (χ1) is 5.39. The molecule has 12 heavy (non-hydrogen) atoms. The highest BCUT2D eigenvalue weighted by Crippen LogP contribution is 2.24. The Morgan fingerprint density at radius 3 is 1.75 bits per heavy atom. The minimum absolute atomic E-state index is 0.523. The molecule has 0 heterocycles. The molecule has 70 valence electrons. The number of nitrogens with zero attached hydrogens (tertiary/aromatic N) is 1. The highest BCUT2D eigenvalue weighted by atomic mass is 28.4. The zero-order chi connectivity index (χ0) is 9.83. The average molecular weight is 185 g/mol. The molecule has 3 heteroatoms. The lowest BCUT2D eigenvalue weighted by Crippen LogP contribution is -2.40. The molecule has 0 amide bonds. The second-order valence-corrected chi connectivity index (χ2v) is 8.46. The zero-order valence-electron chi connectivity index (χ0n) is 8.77. The second-order valence-electron chi connectivity index (χ2n) is 4.03. The predicted molar refractivity (Wildman–Crippen MR) is 53.4 cm³/mol. The third kappa shape index (κ3) is 3.38. The van der Waals surface area contributed by atoms with Crippen LogP contribution in [0.1, 0.15) is 26.7 Å². The van der Waals surface area contributed by atoms with E-state index in [4.69, 9.17) is 9.69 Å². The first-order valence-electron chi connectivity index (χ1n) is 4.50. The van der Waals surface area contributed by atoms with E-state index in [-0.39, 0.29) is 0 Å². The molecule has 0 radical (unpaired) electrons. The first kappa shape index (κ1) is 11.7. The summed E-state index contributed by atoms with van der Waals surface area (Å²) in [5.74, 6) is 0. The normalized spacial score (nSPS) is 12.7. The van der Waals surface area contributed by atoms with Crippen LogP contribution >= 0.6 is 0 Å². The van der Waals surface area contributed by atoms with Crippen LogP contribution < -0.4 is 0 Å². The molecule has 0 fully saturated rings. The fourth-order valence-electron chi connectivity index (χ4n) is 1.16. The first-order valence-corrected chi connectivity index (χ1v) is 7.91. The summed E-state index contributed by atoms with van der Waals surface area (Å²) in [6, 6.07) is 2.28. The SMILES string of the molecule is CCC(C#N)(CC)O[Si](C)(C)C. The molecule has 0 aliphatic carbocycles. The van der Waals surface area contributed by atoms with Gasteiger partial charge in [-0.15, -0.1) is 0 Å². The minimum atomic E-state index is -1.58. The molecule has 0 saturated carbocycles. The monoisotopic (exact) mass is 185 g/mol. The van der Waals surface area contributed by atoms with E-state index in [1.807, 2.05) is 13.8 Å². The summed E-state index contributed by atoms with van der Waals surface area (Å²) in [5.41, 5.74) is -0.523. The van der Waals surface area contributed by atoms with Crippen LogP contribution in [-0.2, 0) is 4.43 Å². The maximum absolute atomic E-state index is 8.99. The van der Waals surface area contributed by atoms with E-state index in [9.17, 15) is 0 Å². The number of hydrogen-bond acceptors (Lipinski definition) is 2. The molecule has 0 saturated heterocycles. The van der Waals surface area contributed by atoms with Gasteiger partial charge in [0.25, 0.3) is 0 Å². The van der Waals surface area contributed by atoms with Crippen molar-refractivity contribution in [3.8, 4) is 6.07 Å². The number of nitriles is 1. The summed E-state index contributed by atoms with van der Waals surface area (Å²) in [6.45, 7) is 10.4. The summed E-state index contributed by atoms with van der Waals surface area (Å²) < 4.78 is 5.85. The third-order valence-electron chi connectivity index (χ3n) is 1.85. The highest BCUT2D eigenvalue weighted by molar-refractivity contribution is 6.69. The van der Waals surface area contributed by atoms with E-state index >= 15 is 0 Å². The molecular weight excluding hydrogens is 166 g/mol. The fraction of sp³-hybridized carbons (Fsp3) is 0.889. The third-order valence-corrected chi connectivity index (χ3v) is 2.85. The molecule has 2 nitrogen and oxygen atoms in total. The molecule has 0 spiro atoms. The van der Waals surface area contributed by atoms with E-state index in [1.165, 1.54) is 0 Å². The Labute approximate surface area is 76.7 Å². The van der Waals surface area contributed by atoms with Crippen molar-refractivity contribution < 1.29 is 4.43 Å². The van der Waals surface area contributed by atoms with Crippen molar-refractivity contribution in [1.82, 2.24) is 0 Å². The Morgan fingerprint density at radius 1 is 1.25 bits per heavy atom. The van der Waals surface area contributed by atoms with Gasteiger partial charge in [-0.2, -0.15) is 5.26 Å². The summed E-state index contributed by atoms with van der Waals surface area (Å²) in [7, 11) is -1.58. The van der Waals surface area contributed by atoms with Gasteiger partial charge in [0.1, 0.15) is 5.60 Å². The van der Waals surface area contributed by atoms with Crippen molar-refractivity contribution in [3.05, 3.63) is 0 Å². The Bertz CT molecular complexity index is 174. The van der Waals surface area contributed by atoms with Crippen LogP contribution in [0.25, 0.3) is 0 Å². The van der Waals surface area contributed by atoms with Gasteiger partial charge < -0.3 is 4.43 Å². The lowest BCUT2D eigenvalue weighted by Gasteiger charge is -2.31. The van der Waals surface area contributed by atoms with Crippen molar-refractivity contribution >= 4 is 8.32 Å². The van der Waals surface area contributed by atoms with Crippen molar-refractivity contribution in [3.63, 3.8) is 0 Å². The van der Waals surface area contributed by atoms with Crippen LogP contribution in [-0.4, -0.2) is 13.9 Å². The molecule has 0 unspecified atom stereocenters. The maximum atomic E-state index is 8.99. The van der Waals surface area contributed by atoms with Gasteiger partial charge >= 0.3 is 0 Å². The van der Waals surface area contributed by atoms with Crippen LogP contribution in [0, 0.1) is 11.3 Å². The summed E-state index contributed by atoms with van der Waals surface area (Å²) in [5, 5.41) is 8.99. The average Bonchev–Trinajstić information content (AvgIpc) is 1.99. The standard InChI is InChI=1S/C9H19NOSi/c1-6-9(7-2,8-10)11-12(3,4)5/h6-7H2,1-5H3. The zero-order valence-corrected chi connectivity index (χ0v) is 9.77. The van der Waals surface area contributed by atoms with Crippen LogP contribution in [0.2, 0.25) is 19.6 Å². The van der Waals surface area contributed by atoms with Crippen LogP contribution in [0.4, 0.5) is 0 Å². The molecule has 0 aromatic carbocycles. The quantitative estimate of drug-likeness (QED) is 0.631. The molecule has 0 bridgehead atoms. The van der Waals surface area contributed by atoms with Gasteiger partial charge in [0.15, 0.2) is 8.32 Å². The van der Waals surface area contributed by atoms with E-state index in [0.29, 0.717) is 0 Å². The van der Waals surface area contributed by atoms with Crippen molar-refractivity contribution in [2.75, 3.05) is 0 Å². The van der Waals surface area contributed by atoms with Gasteiger partial charge in [-0.1, -0.05) is 13.8 Å². The fourth-order valence-corrected chi connectivity index (χ4v) is 2.67. The summed E-state index contributed by atoms with van der Waals surface area (Å²) >= 11 is 0. The molecule has 0 N–H and O–H groups in total. The maximum Gasteiger partial charge on any atom is 0.185 e. The van der Waals surface area contributed by atoms with E-state index < -0.39 is 13.9 Å². The molecule has 0 rings (SSSR count). The Kier molecular flexibility index (Phi) is 3.95. The van der Waals surface area contributed by atoms with Crippen molar-refractivity contribution in [2.45, 2.75) is 51.9 Å². The van der Waals surface area contributed by atoms with Crippen LogP contribution in [0.3, 0.4) is 0 Å². The highest BCUT2D eigenvalue weighted by Gasteiger charge is 2.32. The van der Waals surface area contributed by atoms with E-state index in [0.717, 1.165) is 12.8 Å². The van der Waals surface area contributed by atoms with Crippen molar-refractivity contribution in [1.29, 1.82) is 5.26 Å². The largest absolute Gasteiger partial charge is 0.400 e. The van der Waals surface area contributed by atoms with Gasteiger partial charge in [-0.25, -0.2) is 0 Å². The Morgan fingerprint density at radius 2 is 1.67 bits per heavy atom. The Balaban J connectivity index is 4.45. The number of rotatable bonds is 4. The van der Waals surface area contributed by atoms with E-state index in [2.05, 4.69) is 25.7 Å². The van der Waals surface area contributed by atoms with Gasteiger partial charge in [0.2, 0.25) is 0 Å². The number of hydrogen-bond donors (Lipinski definition) is 0. The van der Waals surface area contributed by atoms with Gasteiger partial charge in [0, 0.05) is 0 Å². The lowest BCUT2D eigenvalue weighted by molar-refractivity contribution is 0.111. The molecule has 0 atom stereocenters. The minimum Gasteiger partial charge on any atom is -0.400 e. The molecule has 0 aromatic rings. The van der Waals surface area contributed by atoms with E-state index in [1.54, 1.807) is 0 Å². The smallest absolute Gasteiger partial charge is 0.185 e. The Hall–Kier alpha value is -0.333. The molecule has 0 aromatic heterocycles. The van der Waals surface area contributed by atoms with Crippen molar-refractivity contribution in [2.24, 2.45) is 0 Å². The van der Waals surface area contributed by atoms with Gasteiger partial charge in [-0.05, 0) is 32.5 Å².